The number of methoxy groups -OCH3 is 1. The highest BCUT2D eigenvalue weighted by atomic mass is 16.5. The Morgan fingerprint density at radius 2 is 1.81 bits per heavy atom. The average molecular weight is 369 g/mol. The molecule has 2 aromatic carbocycles. The fourth-order valence-corrected chi connectivity index (χ4v) is 2.73. The van der Waals surface area contributed by atoms with Gasteiger partial charge in [-0.05, 0) is 49.7 Å². The number of ether oxygens (including phenoxy) is 1. The second-order valence-corrected chi connectivity index (χ2v) is 6.63. The molecular weight excluding hydrogens is 342 g/mol. The number of nitrogens with one attached hydrogen (secondary N) is 2. The Kier molecular flexibility index (Phi) is 7.37. The summed E-state index contributed by atoms with van der Waals surface area (Å²) in [6, 6.07) is 13.6. The highest BCUT2D eigenvalue weighted by Gasteiger charge is 2.11. The summed E-state index contributed by atoms with van der Waals surface area (Å²) in [6.07, 6.45) is 0. The SMILES string of the molecule is COc1ccc(C)cc1NC(=O)CNC(=O)CN(C)Cc1ccccc1C. The molecule has 2 aromatic rings. The molecule has 0 atom stereocenters. The minimum absolute atomic E-state index is 0.0892. The smallest absolute Gasteiger partial charge is 0.243 e. The minimum Gasteiger partial charge on any atom is -0.495 e. The van der Waals surface area contributed by atoms with Crippen LogP contribution in [0.25, 0.3) is 0 Å². The van der Waals surface area contributed by atoms with Crippen molar-refractivity contribution in [2.24, 2.45) is 0 Å². The second-order valence-electron chi connectivity index (χ2n) is 6.63. The molecule has 0 aromatic heterocycles. The molecule has 0 unspecified atom stereocenters. The van der Waals surface area contributed by atoms with Gasteiger partial charge in [-0.2, -0.15) is 0 Å². The summed E-state index contributed by atoms with van der Waals surface area (Å²) in [4.78, 5) is 26.1. The first kappa shape index (κ1) is 20.5. The van der Waals surface area contributed by atoms with E-state index < -0.39 is 0 Å². The standard InChI is InChI=1S/C21H27N3O3/c1-15-9-10-19(27-4)18(11-15)23-20(25)12-22-21(26)14-24(3)13-17-8-6-5-7-16(17)2/h5-11H,12-14H2,1-4H3,(H,22,26)(H,23,25). The molecule has 0 saturated heterocycles. The van der Waals surface area contributed by atoms with Gasteiger partial charge in [0.15, 0.2) is 0 Å². The fourth-order valence-electron chi connectivity index (χ4n) is 2.73. The van der Waals surface area contributed by atoms with E-state index in [9.17, 15) is 9.59 Å². The van der Waals surface area contributed by atoms with Crippen molar-refractivity contribution in [3.05, 3.63) is 59.2 Å². The lowest BCUT2D eigenvalue weighted by molar-refractivity contribution is -0.124. The first-order chi connectivity index (χ1) is 12.9. The van der Waals surface area contributed by atoms with Crippen molar-refractivity contribution >= 4 is 17.5 Å². The summed E-state index contributed by atoms with van der Waals surface area (Å²) >= 11 is 0. The van der Waals surface area contributed by atoms with Crippen LogP contribution in [0, 0.1) is 13.8 Å². The maximum Gasteiger partial charge on any atom is 0.243 e. The molecule has 2 rings (SSSR count). The van der Waals surface area contributed by atoms with E-state index in [0.717, 1.165) is 5.56 Å². The van der Waals surface area contributed by atoms with E-state index in [0.29, 0.717) is 18.0 Å². The Labute approximate surface area is 160 Å². The second kappa shape index (κ2) is 9.73. The predicted octanol–water partition coefficient (Wildman–Crippen LogP) is 2.50. The molecular formula is C21H27N3O3. The first-order valence-electron chi connectivity index (χ1n) is 8.83. The van der Waals surface area contributed by atoms with Crippen LogP contribution in [0.2, 0.25) is 0 Å². The zero-order valence-corrected chi connectivity index (χ0v) is 16.3. The van der Waals surface area contributed by atoms with Gasteiger partial charge >= 0.3 is 0 Å². The molecule has 6 nitrogen and oxygen atoms in total. The zero-order valence-electron chi connectivity index (χ0n) is 16.3. The Morgan fingerprint density at radius 1 is 1.07 bits per heavy atom. The number of carbonyl (C=O) groups excluding carboxylic acids is 2. The number of benzene rings is 2. The number of nitrogens with zero attached hydrogens (tertiary/aromatic N) is 1. The Morgan fingerprint density at radius 3 is 2.52 bits per heavy atom. The monoisotopic (exact) mass is 369 g/mol. The van der Waals surface area contributed by atoms with Crippen molar-refractivity contribution in [2.75, 3.05) is 32.6 Å². The van der Waals surface area contributed by atoms with Crippen LogP contribution in [-0.2, 0) is 16.1 Å². The van der Waals surface area contributed by atoms with Crippen LogP contribution in [0.4, 0.5) is 5.69 Å². The maximum absolute atomic E-state index is 12.1. The molecule has 0 spiro atoms. The van der Waals surface area contributed by atoms with Crippen LogP contribution in [0.5, 0.6) is 5.75 Å². The van der Waals surface area contributed by atoms with E-state index in [1.165, 1.54) is 11.1 Å². The predicted molar refractivity (Wildman–Crippen MR) is 107 cm³/mol. The van der Waals surface area contributed by atoms with E-state index in [4.69, 9.17) is 4.74 Å². The summed E-state index contributed by atoms with van der Waals surface area (Å²) in [5, 5.41) is 5.42. The first-order valence-corrected chi connectivity index (χ1v) is 8.83. The minimum atomic E-state index is -0.297. The largest absolute Gasteiger partial charge is 0.495 e. The summed E-state index contributed by atoms with van der Waals surface area (Å²) < 4.78 is 5.24. The van der Waals surface area contributed by atoms with Crippen molar-refractivity contribution in [3.8, 4) is 5.75 Å². The maximum atomic E-state index is 12.1. The van der Waals surface area contributed by atoms with E-state index in [2.05, 4.69) is 10.6 Å². The number of likely N-dealkylation sites (N-methyl/N-ethyl adjacent to an activating group) is 1. The van der Waals surface area contributed by atoms with Crippen LogP contribution in [0.15, 0.2) is 42.5 Å². The van der Waals surface area contributed by atoms with E-state index in [1.807, 2.05) is 62.2 Å². The van der Waals surface area contributed by atoms with Crippen LogP contribution >= 0.6 is 0 Å². The van der Waals surface area contributed by atoms with Gasteiger partial charge in [-0.15, -0.1) is 0 Å². The van der Waals surface area contributed by atoms with Crippen LogP contribution in [0.1, 0.15) is 16.7 Å². The Balaban J connectivity index is 1.80. The molecule has 6 heteroatoms. The van der Waals surface area contributed by atoms with Crippen molar-refractivity contribution in [2.45, 2.75) is 20.4 Å². The Hall–Kier alpha value is -2.86. The number of carbonyl (C=O) groups is 2. The number of aryl methyl sites for hydroxylation is 2. The number of anilines is 1. The molecule has 0 fully saturated rings. The van der Waals surface area contributed by atoms with Crippen LogP contribution < -0.4 is 15.4 Å². The lowest BCUT2D eigenvalue weighted by atomic mass is 10.1. The number of amides is 2. The van der Waals surface area contributed by atoms with Crippen molar-refractivity contribution in [3.63, 3.8) is 0 Å². The zero-order chi connectivity index (χ0) is 19.8. The van der Waals surface area contributed by atoms with E-state index in [-0.39, 0.29) is 24.9 Å². The third-order valence-corrected chi connectivity index (χ3v) is 4.19. The third kappa shape index (κ3) is 6.42. The quantitative estimate of drug-likeness (QED) is 0.750. The van der Waals surface area contributed by atoms with Gasteiger partial charge < -0.3 is 15.4 Å². The van der Waals surface area contributed by atoms with Crippen molar-refractivity contribution in [1.29, 1.82) is 0 Å². The van der Waals surface area contributed by atoms with E-state index >= 15 is 0 Å². The number of rotatable bonds is 8. The summed E-state index contributed by atoms with van der Waals surface area (Å²) in [6.45, 7) is 4.78. The highest BCUT2D eigenvalue weighted by molar-refractivity contribution is 5.96. The molecule has 0 bridgehead atoms. The molecule has 0 aliphatic heterocycles. The molecule has 2 amide bonds. The van der Waals surface area contributed by atoms with Crippen molar-refractivity contribution < 1.29 is 14.3 Å². The Bertz CT molecular complexity index is 805. The van der Waals surface area contributed by atoms with Gasteiger partial charge in [0.25, 0.3) is 0 Å². The summed E-state index contributed by atoms with van der Waals surface area (Å²) in [5.41, 5.74) is 3.97. The van der Waals surface area contributed by atoms with Gasteiger partial charge in [-0.25, -0.2) is 0 Å². The van der Waals surface area contributed by atoms with Gasteiger partial charge in [0.05, 0.1) is 25.9 Å². The molecule has 27 heavy (non-hydrogen) atoms. The fraction of sp³-hybridized carbons (Fsp3) is 0.333. The normalized spacial score (nSPS) is 10.6. The van der Waals surface area contributed by atoms with Gasteiger partial charge in [-0.1, -0.05) is 30.3 Å². The van der Waals surface area contributed by atoms with Gasteiger partial charge in [0.2, 0.25) is 11.8 Å². The van der Waals surface area contributed by atoms with Crippen LogP contribution in [0.3, 0.4) is 0 Å². The van der Waals surface area contributed by atoms with Gasteiger partial charge in [0.1, 0.15) is 5.75 Å². The molecule has 0 saturated carbocycles. The lowest BCUT2D eigenvalue weighted by Crippen LogP contribution is -2.39. The number of hydrogen-bond donors (Lipinski definition) is 2. The van der Waals surface area contributed by atoms with Crippen LogP contribution in [-0.4, -0.2) is 44.0 Å². The van der Waals surface area contributed by atoms with Crippen molar-refractivity contribution in [1.82, 2.24) is 10.2 Å². The molecule has 0 aliphatic rings. The number of hydrogen-bond acceptors (Lipinski definition) is 4. The van der Waals surface area contributed by atoms with Gasteiger partial charge in [0, 0.05) is 6.54 Å². The molecule has 0 radical (unpaired) electrons. The third-order valence-electron chi connectivity index (χ3n) is 4.19. The molecule has 2 N–H and O–H groups in total. The molecule has 0 aliphatic carbocycles. The topological polar surface area (TPSA) is 70.7 Å². The average Bonchev–Trinajstić information content (AvgIpc) is 2.62. The summed E-state index contributed by atoms with van der Waals surface area (Å²) in [5.74, 6) is 0.0875. The molecule has 0 heterocycles. The van der Waals surface area contributed by atoms with E-state index in [1.54, 1.807) is 13.2 Å². The van der Waals surface area contributed by atoms with Gasteiger partial charge in [-0.3, -0.25) is 14.5 Å². The highest BCUT2D eigenvalue weighted by Crippen LogP contribution is 2.24. The molecule has 144 valence electrons. The summed E-state index contributed by atoms with van der Waals surface area (Å²) in [7, 11) is 3.43. The lowest BCUT2D eigenvalue weighted by Gasteiger charge is -2.17.